The number of amides is 1. The van der Waals surface area contributed by atoms with Gasteiger partial charge in [0.2, 0.25) is 0 Å². The second-order valence-electron chi connectivity index (χ2n) is 6.63. The van der Waals surface area contributed by atoms with E-state index >= 15 is 0 Å². The van der Waals surface area contributed by atoms with Gasteiger partial charge in [0.25, 0.3) is 5.91 Å². The predicted molar refractivity (Wildman–Crippen MR) is 113 cm³/mol. The highest BCUT2D eigenvalue weighted by molar-refractivity contribution is 5.94. The first-order valence-corrected chi connectivity index (χ1v) is 9.54. The summed E-state index contributed by atoms with van der Waals surface area (Å²) in [7, 11) is 0. The maximum Gasteiger partial charge on any atom is 0.255 e. The second kappa shape index (κ2) is 8.26. The molecule has 0 bridgehead atoms. The second-order valence-corrected chi connectivity index (χ2v) is 6.63. The van der Waals surface area contributed by atoms with Crippen LogP contribution in [-0.2, 0) is 0 Å². The molecule has 30 heavy (non-hydrogen) atoms. The number of likely N-dealkylation sites (N-methyl/N-ethyl adjacent to an activating group) is 1. The fourth-order valence-electron chi connectivity index (χ4n) is 3.24. The zero-order valence-corrected chi connectivity index (χ0v) is 16.4. The first kappa shape index (κ1) is 19.5. The Morgan fingerprint density at radius 3 is 2.67 bits per heavy atom. The number of nitrogens with zero attached hydrogens (tertiary/aromatic N) is 6. The summed E-state index contributed by atoms with van der Waals surface area (Å²) in [5.41, 5.74) is 9.94. The van der Waals surface area contributed by atoms with Gasteiger partial charge in [0, 0.05) is 43.4 Å². The largest absolute Gasteiger partial charge is 0.395 e. The molecule has 0 aliphatic carbocycles. The summed E-state index contributed by atoms with van der Waals surface area (Å²) in [6.07, 6.45) is 6.70. The zero-order valence-electron chi connectivity index (χ0n) is 16.4. The minimum absolute atomic E-state index is 0.0791. The van der Waals surface area contributed by atoms with Crippen molar-refractivity contribution in [1.82, 2.24) is 29.5 Å². The number of carbonyl (C=O) groups is 1. The molecule has 0 fully saturated rings. The molecule has 1 amide bonds. The molecule has 4 aromatic rings. The molecule has 0 unspecified atom stereocenters. The number of aliphatic hydroxyl groups is 1. The molecule has 0 saturated carbocycles. The van der Waals surface area contributed by atoms with Crippen molar-refractivity contribution >= 4 is 17.4 Å². The van der Waals surface area contributed by atoms with Gasteiger partial charge in [0.15, 0.2) is 11.5 Å². The minimum Gasteiger partial charge on any atom is -0.395 e. The molecule has 4 aromatic heterocycles. The summed E-state index contributed by atoms with van der Waals surface area (Å²) in [5, 5.41) is 13.5. The highest BCUT2D eigenvalue weighted by atomic mass is 16.3. The van der Waals surface area contributed by atoms with Gasteiger partial charge in [-0.1, -0.05) is 6.07 Å². The lowest BCUT2D eigenvalue weighted by atomic mass is 10.1. The average Bonchev–Trinajstić information content (AvgIpc) is 3.12. The number of nitrogens with two attached hydrogens (primary N) is 1. The molecule has 0 atom stereocenters. The Hall–Kier alpha value is -3.85. The number of pyridine rings is 2. The van der Waals surface area contributed by atoms with Gasteiger partial charge >= 0.3 is 0 Å². The van der Waals surface area contributed by atoms with Crippen molar-refractivity contribution in [3.05, 3.63) is 60.7 Å². The van der Waals surface area contributed by atoms with E-state index in [1.807, 2.05) is 25.1 Å². The third kappa shape index (κ3) is 3.58. The molecule has 0 aromatic carbocycles. The van der Waals surface area contributed by atoms with Crippen LogP contribution in [0.3, 0.4) is 0 Å². The summed E-state index contributed by atoms with van der Waals surface area (Å²) in [5.74, 6) is 0.176. The van der Waals surface area contributed by atoms with Crippen molar-refractivity contribution < 1.29 is 9.90 Å². The molecule has 9 heteroatoms. The Bertz CT molecular complexity index is 1170. The van der Waals surface area contributed by atoms with Crippen LogP contribution in [0.15, 0.2) is 55.1 Å². The number of aromatic nitrogens is 5. The van der Waals surface area contributed by atoms with Gasteiger partial charge in [-0.05, 0) is 31.2 Å². The normalized spacial score (nSPS) is 11.0. The van der Waals surface area contributed by atoms with Crippen LogP contribution < -0.4 is 5.73 Å². The van der Waals surface area contributed by atoms with E-state index in [4.69, 9.17) is 10.8 Å². The van der Waals surface area contributed by atoms with E-state index in [9.17, 15) is 4.79 Å². The minimum atomic E-state index is -0.168. The van der Waals surface area contributed by atoms with E-state index in [1.54, 1.807) is 40.1 Å². The molecule has 4 rings (SSSR count). The van der Waals surface area contributed by atoms with Crippen molar-refractivity contribution in [2.24, 2.45) is 0 Å². The smallest absolute Gasteiger partial charge is 0.255 e. The Labute approximate surface area is 172 Å². The van der Waals surface area contributed by atoms with Gasteiger partial charge in [0.1, 0.15) is 0 Å². The molecular weight excluding hydrogens is 382 g/mol. The molecule has 0 radical (unpaired) electrons. The molecule has 152 valence electrons. The van der Waals surface area contributed by atoms with Crippen LogP contribution in [0.25, 0.3) is 28.2 Å². The Morgan fingerprint density at radius 2 is 2.00 bits per heavy atom. The molecular formula is C21H21N7O2. The fourth-order valence-corrected chi connectivity index (χ4v) is 3.24. The quantitative estimate of drug-likeness (QED) is 0.504. The number of hydrogen-bond donors (Lipinski definition) is 2. The number of rotatable bonds is 6. The van der Waals surface area contributed by atoms with Crippen LogP contribution in [0, 0.1) is 0 Å². The topological polar surface area (TPSA) is 123 Å². The van der Waals surface area contributed by atoms with Crippen molar-refractivity contribution in [3.63, 3.8) is 0 Å². The van der Waals surface area contributed by atoms with E-state index in [-0.39, 0.29) is 19.1 Å². The van der Waals surface area contributed by atoms with Gasteiger partial charge in [-0.3, -0.25) is 14.8 Å². The fraction of sp³-hybridized carbons (Fsp3) is 0.190. The number of nitrogen functional groups attached to an aromatic ring is 1. The summed E-state index contributed by atoms with van der Waals surface area (Å²) >= 11 is 0. The Kier molecular flexibility index (Phi) is 5.36. The first-order valence-electron chi connectivity index (χ1n) is 9.54. The van der Waals surface area contributed by atoms with Gasteiger partial charge in [0.05, 0.1) is 29.1 Å². The van der Waals surface area contributed by atoms with Crippen LogP contribution in [-0.4, -0.2) is 60.2 Å². The van der Waals surface area contributed by atoms with Crippen LogP contribution in [0.4, 0.5) is 5.82 Å². The average molecular weight is 403 g/mol. The lowest BCUT2D eigenvalue weighted by Gasteiger charge is -2.19. The zero-order chi connectivity index (χ0) is 21.1. The van der Waals surface area contributed by atoms with E-state index in [0.29, 0.717) is 40.5 Å². The summed E-state index contributed by atoms with van der Waals surface area (Å²) in [4.78, 5) is 27.3. The maximum absolute atomic E-state index is 12.5. The molecule has 9 nitrogen and oxygen atoms in total. The van der Waals surface area contributed by atoms with Crippen molar-refractivity contribution in [2.45, 2.75) is 6.92 Å². The predicted octanol–water partition coefficient (Wildman–Crippen LogP) is 1.89. The third-order valence-corrected chi connectivity index (χ3v) is 4.77. The van der Waals surface area contributed by atoms with E-state index in [1.165, 1.54) is 6.20 Å². The van der Waals surface area contributed by atoms with Crippen LogP contribution in [0.5, 0.6) is 0 Å². The standard InChI is InChI=1S/C21H21N7O2/c1-2-27(9-10-29)21(30)14-6-7-16(24-11-14)15-12-25-20-18(17-5-3-4-8-23-17)19(22)26-28(20)13-15/h3-8,11-13,29H,2,9-10H2,1H3,(H2,22,26). The molecule has 0 saturated heterocycles. The molecule has 0 spiro atoms. The lowest BCUT2D eigenvalue weighted by molar-refractivity contribution is 0.0731. The van der Waals surface area contributed by atoms with E-state index < -0.39 is 0 Å². The highest BCUT2D eigenvalue weighted by Crippen LogP contribution is 2.28. The molecule has 0 aliphatic heterocycles. The van der Waals surface area contributed by atoms with E-state index in [2.05, 4.69) is 20.1 Å². The number of hydrogen-bond acceptors (Lipinski definition) is 7. The summed E-state index contributed by atoms with van der Waals surface area (Å²) < 4.78 is 1.61. The van der Waals surface area contributed by atoms with Gasteiger partial charge < -0.3 is 15.7 Å². The third-order valence-electron chi connectivity index (χ3n) is 4.77. The number of aliphatic hydroxyl groups excluding tert-OH is 1. The summed E-state index contributed by atoms with van der Waals surface area (Å²) in [6.45, 7) is 2.59. The molecule has 0 aliphatic rings. The summed E-state index contributed by atoms with van der Waals surface area (Å²) in [6, 6.07) is 9.05. The van der Waals surface area contributed by atoms with Gasteiger partial charge in [-0.15, -0.1) is 5.10 Å². The number of fused-ring (bicyclic) bond motifs is 1. The van der Waals surface area contributed by atoms with Crippen molar-refractivity contribution in [3.8, 4) is 22.5 Å². The van der Waals surface area contributed by atoms with Gasteiger partial charge in [-0.25, -0.2) is 9.50 Å². The lowest BCUT2D eigenvalue weighted by Crippen LogP contribution is -2.33. The highest BCUT2D eigenvalue weighted by Gasteiger charge is 2.17. The Balaban J connectivity index is 1.65. The van der Waals surface area contributed by atoms with Crippen molar-refractivity contribution in [2.75, 3.05) is 25.4 Å². The monoisotopic (exact) mass is 403 g/mol. The van der Waals surface area contributed by atoms with E-state index in [0.717, 1.165) is 5.56 Å². The van der Waals surface area contributed by atoms with Crippen LogP contribution in [0.2, 0.25) is 0 Å². The van der Waals surface area contributed by atoms with Crippen molar-refractivity contribution in [1.29, 1.82) is 0 Å². The molecule has 3 N–H and O–H groups in total. The van der Waals surface area contributed by atoms with Crippen LogP contribution >= 0.6 is 0 Å². The first-order chi connectivity index (χ1) is 14.6. The van der Waals surface area contributed by atoms with Crippen LogP contribution in [0.1, 0.15) is 17.3 Å². The number of carbonyl (C=O) groups excluding carboxylic acids is 1. The number of anilines is 1. The Morgan fingerprint density at radius 1 is 1.13 bits per heavy atom. The van der Waals surface area contributed by atoms with Gasteiger partial charge in [-0.2, -0.15) is 0 Å². The maximum atomic E-state index is 12.5. The SMILES string of the molecule is CCN(CCO)C(=O)c1ccc(-c2cnc3c(-c4ccccn4)c(N)nn3c2)nc1. The molecule has 4 heterocycles.